The molecule has 2 N–H and O–H groups in total. The minimum Gasteiger partial charge on any atom is -0.338 e. The third kappa shape index (κ3) is 4.18. The van der Waals surface area contributed by atoms with Crippen LogP contribution in [-0.2, 0) is 4.79 Å². The monoisotopic (exact) mass is 286 g/mol. The minimum absolute atomic E-state index is 0.0309. The van der Waals surface area contributed by atoms with Crippen molar-refractivity contribution in [2.24, 2.45) is 17.6 Å². The Morgan fingerprint density at radius 2 is 2.00 bits per heavy atom. The van der Waals surface area contributed by atoms with Gasteiger partial charge in [-0.05, 0) is 29.9 Å². The second-order valence-corrected chi connectivity index (χ2v) is 6.19. The summed E-state index contributed by atoms with van der Waals surface area (Å²) >= 11 is 0. The van der Waals surface area contributed by atoms with E-state index in [0.29, 0.717) is 19.0 Å². The van der Waals surface area contributed by atoms with E-state index in [-0.39, 0.29) is 11.8 Å². The van der Waals surface area contributed by atoms with Crippen molar-refractivity contribution in [1.29, 1.82) is 0 Å². The van der Waals surface area contributed by atoms with Gasteiger partial charge in [0.05, 0.1) is 5.92 Å². The highest BCUT2D eigenvalue weighted by Gasteiger charge is 2.25. The Bertz CT molecular complexity index is 493. The van der Waals surface area contributed by atoms with Crippen LogP contribution >= 0.6 is 0 Å². The highest BCUT2D eigenvalue weighted by atomic mass is 16.2. The Morgan fingerprint density at radius 3 is 2.52 bits per heavy atom. The first-order chi connectivity index (χ1) is 10.1. The zero-order chi connectivity index (χ0) is 15.2. The van der Waals surface area contributed by atoms with Gasteiger partial charge in [0, 0.05) is 19.6 Å². The van der Waals surface area contributed by atoms with Crippen LogP contribution in [0.4, 0.5) is 0 Å². The van der Waals surface area contributed by atoms with Crippen LogP contribution in [0.3, 0.4) is 0 Å². The fourth-order valence-electron chi connectivity index (χ4n) is 2.91. The topological polar surface area (TPSA) is 46.3 Å². The number of benzene rings is 1. The molecule has 3 heteroatoms. The number of carbonyl (C=O) groups excluding carboxylic acids is 1. The second-order valence-electron chi connectivity index (χ2n) is 6.19. The molecule has 0 radical (unpaired) electrons. The molecule has 114 valence electrons. The Morgan fingerprint density at radius 1 is 1.29 bits per heavy atom. The van der Waals surface area contributed by atoms with Crippen LogP contribution in [-0.4, -0.2) is 30.4 Å². The lowest BCUT2D eigenvalue weighted by atomic mass is 9.94. The van der Waals surface area contributed by atoms with Gasteiger partial charge in [-0.15, -0.1) is 0 Å². The average molecular weight is 286 g/mol. The van der Waals surface area contributed by atoms with E-state index in [1.807, 2.05) is 11.0 Å². The van der Waals surface area contributed by atoms with Gasteiger partial charge in [-0.2, -0.15) is 0 Å². The normalized spacial score (nSPS) is 16.8. The van der Waals surface area contributed by atoms with Gasteiger partial charge in [0.25, 0.3) is 0 Å². The van der Waals surface area contributed by atoms with Crippen LogP contribution in [0.25, 0.3) is 5.57 Å². The van der Waals surface area contributed by atoms with Crippen molar-refractivity contribution in [2.75, 3.05) is 19.6 Å². The lowest BCUT2D eigenvalue weighted by molar-refractivity contribution is -0.135. The molecule has 0 spiro atoms. The quantitative estimate of drug-likeness (QED) is 0.904. The van der Waals surface area contributed by atoms with Crippen LogP contribution in [0.1, 0.15) is 32.3 Å². The maximum atomic E-state index is 12.5. The van der Waals surface area contributed by atoms with Gasteiger partial charge in [0.1, 0.15) is 0 Å². The maximum absolute atomic E-state index is 12.5. The van der Waals surface area contributed by atoms with Gasteiger partial charge >= 0.3 is 0 Å². The number of hydrogen-bond donors (Lipinski definition) is 1. The predicted molar refractivity (Wildman–Crippen MR) is 87.6 cm³/mol. The largest absolute Gasteiger partial charge is 0.338 e. The summed E-state index contributed by atoms with van der Waals surface area (Å²) in [6.07, 6.45) is 3.98. The zero-order valence-corrected chi connectivity index (χ0v) is 13.1. The number of carbonyl (C=O) groups is 1. The molecule has 1 atom stereocenters. The smallest absolute Gasteiger partial charge is 0.227 e. The Kier molecular flexibility index (Phi) is 5.57. The van der Waals surface area contributed by atoms with Crippen LogP contribution in [0.15, 0.2) is 36.4 Å². The van der Waals surface area contributed by atoms with Crippen molar-refractivity contribution in [3.05, 3.63) is 42.0 Å². The van der Waals surface area contributed by atoms with Crippen molar-refractivity contribution in [3.8, 4) is 0 Å². The first kappa shape index (κ1) is 15.8. The standard InChI is InChI=1S/C18H26N2O/c1-14(2)12-17(13-19)18(21)20-10-8-16(9-11-20)15-6-4-3-5-7-15/h3-8,14,17H,9-13,19H2,1-2H3. The summed E-state index contributed by atoms with van der Waals surface area (Å²) in [6, 6.07) is 10.4. The Labute approximate surface area is 127 Å². The summed E-state index contributed by atoms with van der Waals surface area (Å²) in [5, 5.41) is 0. The molecule has 0 saturated heterocycles. The molecular formula is C18H26N2O. The predicted octanol–water partition coefficient (Wildman–Crippen LogP) is 2.92. The first-order valence-corrected chi connectivity index (χ1v) is 7.85. The molecule has 0 bridgehead atoms. The summed E-state index contributed by atoms with van der Waals surface area (Å²) in [7, 11) is 0. The van der Waals surface area contributed by atoms with Gasteiger partial charge in [-0.3, -0.25) is 4.79 Å². The van der Waals surface area contributed by atoms with E-state index in [4.69, 9.17) is 5.73 Å². The van der Waals surface area contributed by atoms with E-state index < -0.39 is 0 Å². The maximum Gasteiger partial charge on any atom is 0.227 e. The molecule has 2 rings (SSSR count). The minimum atomic E-state index is -0.0309. The first-order valence-electron chi connectivity index (χ1n) is 7.85. The molecule has 1 aliphatic rings. The van der Waals surface area contributed by atoms with Crippen molar-refractivity contribution in [3.63, 3.8) is 0 Å². The molecule has 1 unspecified atom stereocenters. The average Bonchev–Trinajstić information content (AvgIpc) is 2.53. The number of nitrogens with zero attached hydrogens (tertiary/aromatic N) is 1. The molecule has 1 amide bonds. The molecule has 0 fully saturated rings. The van der Waals surface area contributed by atoms with Crippen molar-refractivity contribution >= 4 is 11.5 Å². The molecule has 0 aromatic heterocycles. The van der Waals surface area contributed by atoms with Crippen LogP contribution in [0, 0.1) is 11.8 Å². The van der Waals surface area contributed by atoms with E-state index >= 15 is 0 Å². The Balaban J connectivity index is 1.99. The molecule has 1 aromatic carbocycles. The SMILES string of the molecule is CC(C)CC(CN)C(=O)N1CC=C(c2ccccc2)CC1. The number of nitrogens with two attached hydrogens (primary N) is 1. The van der Waals surface area contributed by atoms with E-state index in [9.17, 15) is 4.79 Å². The molecule has 1 aromatic rings. The molecular weight excluding hydrogens is 260 g/mol. The lowest BCUT2D eigenvalue weighted by Crippen LogP contribution is -2.41. The van der Waals surface area contributed by atoms with Crippen LogP contribution < -0.4 is 5.73 Å². The van der Waals surface area contributed by atoms with Crippen molar-refractivity contribution in [1.82, 2.24) is 4.90 Å². The zero-order valence-electron chi connectivity index (χ0n) is 13.1. The third-order valence-corrected chi connectivity index (χ3v) is 4.06. The van der Waals surface area contributed by atoms with E-state index in [2.05, 4.69) is 44.2 Å². The Hall–Kier alpha value is -1.61. The van der Waals surface area contributed by atoms with Gasteiger partial charge < -0.3 is 10.6 Å². The van der Waals surface area contributed by atoms with Gasteiger partial charge in [0.2, 0.25) is 5.91 Å². The van der Waals surface area contributed by atoms with E-state index in [0.717, 1.165) is 19.4 Å². The molecule has 1 heterocycles. The van der Waals surface area contributed by atoms with E-state index in [1.54, 1.807) is 0 Å². The lowest BCUT2D eigenvalue weighted by Gasteiger charge is -2.30. The highest BCUT2D eigenvalue weighted by Crippen LogP contribution is 2.23. The third-order valence-electron chi connectivity index (χ3n) is 4.06. The summed E-state index contributed by atoms with van der Waals surface area (Å²) in [4.78, 5) is 14.5. The molecule has 0 saturated carbocycles. The van der Waals surface area contributed by atoms with Crippen molar-refractivity contribution < 1.29 is 4.79 Å². The molecule has 3 nitrogen and oxygen atoms in total. The number of hydrogen-bond acceptors (Lipinski definition) is 2. The summed E-state index contributed by atoms with van der Waals surface area (Å²) in [5.41, 5.74) is 8.39. The molecule has 0 aliphatic carbocycles. The number of amides is 1. The van der Waals surface area contributed by atoms with Crippen molar-refractivity contribution in [2.45, 2.75) is 26.7 Å². The van der Waals surface area contributed by atoms with Gasteiger partial charge in [-0.1, -0.05) is 50.3 Å². The fourth-order valence-corrected chi connectivity index (χ4v) is 2.91. The fraction of sp³-hybridized carbons (Fsp3) is 0.500. The second kappa shape index (κ2) is 7.41. The highest BCUT2D eigenvalue weighted by molar-refractivity contribution is 5.80. The van der Waals surface area contributed by atoms with Gasteiger partial charge in [-0.25, -0.2) is 0 Å². The van der Waals surface area contributed by atoms with Gasteiger partial charge in [0.15, 0.2) is 0 Å². The van der Waals surface area contributed by atoms with Crippen LogP contribution in [0.5, 0.6) is 0 Å². The van der Waals surface area contributed by atoms with Crippen LogP contribution in [0.2, 0.25) is 0 Å². The molecule has 21 heavy (non-hydrogen) atoms. The summed E-state index contributed by atoms with van der Waals surface area (Å²) in [6.45, 7) is 6.23. The summed E-state index contributed by atoms with van der Waals surface area (Å²) in [5.74, 6) is 0.689. The summed E-state index contributed by atoms with van der Waals surface area (Å²) < 4.78 is 0. The molecule has 1 aliphatic heterocycles. The number of rotatable bonds is 5. The van der Waals surface area contributed by atoms with E-state index in [1.165, 1.54) is 11.1 Å².